The zero-order valence-corrected chi connectivity index (χ0v) is 14.6. The number of hydrogen-bond donors (Lipinski definition) is 1. The van der Waals surface area contributed by atoms with Crippen molar-refractivity contribution in [1.29, 1.82) is 0 Å². The molecule has 7 nitrogen and oxygen atoms in total. The molecule has 4 heterocycles. The van der Waals surface area contributed by atoms with Crippen molar-refractivity contribution in [3.63, 3.8) is 0 Å². The third kappa shape index (κ3) is 2.13. The van der Waals surface area contributed by atoms with Crippen LogP contribution in [-0.4, -0.2) is 34.7 Å². The molecule has 0 atom stereocenters. The van der Waals surface area contributed by atoms with E-state index in [1.54, 1.807) is 23.4 Å². The number of nitrogens with zero attached hydrogens (tertiary/aromatic N) is 6. The Labute approximate surface area is 158 Å². The highest BCUT2D eigenvalue weighted by atomic mass is 15.3. The largest absolute Gasteiger partial charge is 0.337 e. The van der Waals surface area contributed by atoms with Gasteiger partial charge >= 0.3 is 0 Å². The molecule has 4 aromatic heterocycles. The second-order valence-corrected chi connectivity index (χ2v) is 6.50. The Hall–Kier alpha value is -4.13. The van der Waals surface area contributed by atoms with Gasteiger partial charge in [-0.25, -0.2) is 14.6 Å². The monoisotopic (exact) mass is 363 g/mol. The number of rotatable bonds is 2. The van der Waals surface area contributed by atoms with Crippen molar-refractivity contribution in [2.75, 3.05) is 0 Å². The van der Waals surface area contributed by atoms with E-state index in [4.69, 9.17) is 4.98 Å². The Morgan fingerprint density at radius 2 is 1.54 bits per heavy atom. The fourth-order valence-corrected chi connectivity index (χ4v) is 3.59. The molecular weight excluding hydrogens is 350 g/mol. The molecule has 0 amide bonds. The van der Waals surface area contributed by atoms with Crippen LogP contribution in [0.5, 0.6) is 0 Å². The number of fused-ring (bicyclic) bond motifs is 6. The Bertz CT molecular complexity index is 1380. The Balaban J connectivity index is 1.59. The first kappa shape index (κ1) is 15.0. The van der Waals surface area contributed by atoms with Gasteiger partial charge in [0.05, 0.1) is 27.8 Å². The first-order valence-electron chi connectivity index (χ1n) is 8.85. The van der Waals surface area contributed by atoms with Crippen LogP contribution in [-0.2, 0) is 0 Å². The van der Waals surface area contributed by atoms with Crippen LogP contribution < -0.4 is 0 Å². The molecule has 6 rings (SSSR count). The van der Waals surface area contributed by atoms with Crippen LogP contribution in [0.1, 0.15) is 0 Å². The van der Waals surface area contributed by atoms with Gasteiger partial charge in [-0.05, 0) is 48.5 Å². The second-order valence-electron chi connectivity index (χ2n) is 6.50. The Morgan fingerprint density at radius 3 is 2.29 bits per heavy atom. The molecular formula is C21H13N7. The third-order valence-electron chi connectivity index (χ3n) is 4.89. The van der Waals surface area contributed by atoms with Crippen molar-refractivity contribution in [3.05, 3.63) is 73.6 Å². The van der Waals surface area contributed by atoms with Gasteiger partial charge in [-0.2, -0.15) is 5.10 Å². The average Bonchev–Trinajstić information content (AvgIpc) is 3.45. The van der Waals surface area contributed by atoms with E-state index in [0.717, 1.165) is 49.9 Å². The number of H-pyrrole nitrogens is 1. The van der Waals surface area contributed by atoms with Crippen molar-refractivity contribution < 1.29 is 0 Å². The normalized spacial score (nSPS) is 11.6. The summed E-state index contributed by atoms with van der Waals surface area (Å²) in [6.45, 7) is 0. The lowest BCUT2D eigenvalue weighted by Gasteiger charge is -2.03. The predicted octanol–water partition coefficient (Wildman–Crippen LogP) is 3.91. The summed E-state index contributed by atoms with van der Waals surface area (Å²) in [6, 6.07) is 16.0. The zero-order chi connectivity index (χ0) is 18.5. The van der Waals surface area contributed by atoms with Crippen molar-refractivity contribution in [1.82, 2.24) is 34.7 Å². The van der Waals surface area contributed by atoms with Crippen molar-refractivity contribution in [3.8, 4) is 17.1 Å². The van der Waals surface area contributed by atoms with Gasteiger partial charge < -0.3 is 4.98 Å². The first-order valence-corrected chi connectivity index (χ1v) is 8.85. The highest BCUT2D eigenvalue weighted by molar-refractivity contribution is 6.20. The first-order chi connectivity index (χ1) is 13.9. The number of hydrogen-bond acceptors (Lipinski definition) is 5. The van der Waals surface area contributed by atoms with E-state index in [1.165, 1.54) is 6.33 Å². The average molecular weight is 363 g/mol. The van der Waals surface area contributed by atoms with Crippen molar-refractivity contribution in [2.24, 2.45) is 0 Å². The summed E-state index contributed by atoms with van der Waals surface area (Å²) in [5.41, 5.74) is 5.56. The maximum atomic E-state index is 4.90. The molecule has 7 heteroatoms. The van der Waals surface area contributed by atoms with Crippen LogP contribution >= 0.6 is 0 Å². The number of nitrogens with one attached hydrogen (secondary N) is 1. The number of imidazole rings is 1. The zero-order valence-electron chi connectivity index (χ0n) is 14.6. The van der Waals surface area contributed by atoms with Crippen LogP contribution in [0.25, 0.3) is 49.9 Å². The summed E-state index contributed by atoms with van der Waals surface area (Å²) in [5, 5.41) is 6.17. The summed E-state index contributed by atoms with van der Waals surface area (Å²) >= 11 is 0. The topological polar surface area (TPSA) is 85.2 Å². The molecule has 0 aliphatic rings. The summed E-state index contributed by atoms with van der Waals surface area (Å²) < 4.78 is 1.72. The minimum absolute atomic E-state index is 0.807. The van der Waals surface area contributed by atoms with Crippen LogP contribution in [0.4, 0.5) is 0 Å². The number of aromatic nitrogens is 7. The molecule has 0 aliphatic carbocycles. The van der Waals surface area contributed by atoms with Crippen LogP contribution in [0.3, 0.4) is 0 Å². The molecule has 0 radical (unpaired) electrons. The lowest BCUT2D eigenvalue weighted by atomic mass is 10.1. The second kappa shape index (κ2) is 5.68. The minimum Gasteiger partial charge on any atom is -0.337 e. The molecule has 0 fully saturated rings. The summed E-state index contributed by atoms with van der Waals surface area (Å²) in [4.78, 5) is 21.5. The highest BCUT2D eigenvalue weighted by Crippen LogP contribution is 2.33. The Morgan fingerprint density at radius 1 is 0.786 bits per heavy atom. The summed E-state index contributed by atoms with van der Waals surface area (Å²) in [6.07, 6.45) is 6.78. The van der Waals surface area contributed by atoms with Crippen LogP contribution in [0.15, 0.2) is 73.6 Å². The SMILES string of the molecule is c1cnc2c(c1)c1nc(-c3ccc(-n4cncn4)cc3)[nH]c1c1cccnc12. The van der Waals surface area contributed by atoms with Gasteiger partial charge in [0, 0.05) is 28.7 Å². The molecule has 0 unspecified atom stereocenters. The van der Waals surface area contributed by atoms with Gasteiger partial charge in [0.1, 0.15) is 18.5 Å². The number of benzene rings is 2. The minimum atomic E-state index is 0.807. The molecule has 28 heavy (non-hydrogen) atoms. The molecule has 0 saturated carbocycles. The number of aromatic amines is 1. The van der Waals surface area contributed by atoms with Crippen molar-refractivity contribution >= 4 is 32.8 Å². The molecule has 0 aliphatic heterocycles. The van der Waals surface area contributed by atoms with E-state index in [1.807, 2.05) is 42.5 Å². The third-order valence-corrected chi connectivity index (χ3v) is 4.89. The summed E-state index contributed by atoms with van der Waals surface area (Å²) in [7, 11) is 0. The molecule has 0 spiro atoms. The summed E-state index contributed by atoms with van der Waals surface area (Å²) in [5.74, 6) is 0.807. The van der Waals surface area contributed by atoms with Crippen LogP contribution in [0, 0.1) is 0 Å². The fourth-order valence-electron chi connectivity index (χ4n) is 3.59. The van der Waals surface area contributed by atoms with Gasteiger partial charge in [-0.1, -0.05) is 0 Å². The van der Waals surface area contributed by atoms with Gasteiger partial charge in [-0.3, -0.25) is 9.97 Å². The molecule has 2 aromatic carbocycles. The molecule has 0 saturated heterocycles. The van der Waals surface area contributed by atoms with E-state index in [2.05, 4.69) is 31.1 Å². The lowest BCUT2D eigenvalue weighted by molar-refractivity contribution is 0.879. The maximum absolute atomic E-state index is 4.90. The molecule has 6 aromatic rings. The van der Waals surface area contributed by atoms with Crippen molar-refractivity contribution in [2.45, 2.75) is 0 Å². The fraction of sp³-hybridized carbons (Fsp3) is 0. The molecule has 0 bridgehead atoms. The maximum Gasteiger partial charge on any atom is 0.138 e. The smallest absolute Gasteiger partial charge is 0.138 e. The van der Waals surface area contributed by atoms with E-state index in [9.17, 15) is 0 Å². The Kier molecular flexibility index (Phi) is 3.04. The van der Waals surface area contributed by atoms with E-state index in [0.29, 0.717) is 0 Å². The lowest BCUT2D eigenvalue weighted by Crippen LogP contribution is -1.93. The quantitative estimate of drug-likeness (QED) is 0.472. The molecule has 132 valence electrons. The highest BCUT2D eigenvalue weighted by Gasteiger charge is 2.15. The molecule has 1 N–H and O–H groups in total. The van der Waals surface area contributed by atoms with E-state index >= 15 is 0 Å². The predicted molar refractivity (Wildman–Crippen MR) is 107 cm³/mol. The number of pyridine rings is 2. The van der Waals surface area contributed by atoms with E-state index < -0.39 is 0 Å². The van der Waals surface area contributed by atoms with Gasteiger partial charge in [0.2, 0.25) is 0 Å². The van der Waals surface area contributed by atoms with Gasteiger partial charge in [-0.15, -0.1) is 0 Å². The van der Waals surface area contributed by atoms with Gasteiger partial charge in [0.25, 0.3) is 0 Å². The van der Waals surface area contributed by atoms with E-state index in [-0.39, 0.29) is 0 Å². The van der Waals surface area contributed by atoms with Crippen LogP contribution in [0.2, 0.25) is 0 Å². The van der Waals surface area contributed by atoms with Gasteiger partial charge in [0.15, 0.2) is 0 Å². The standard InChI is InChI=1S/C21H13N7/c1-3-15-17(23-9-1)18-16(4-2-10-24-18)20-19(15)26-21(27-20)13-5-7-14(8-6-13)28-12-22-11-25-28/h1-12H,(H,26,27).